The van der Waals surface area contributed by atoms with Crippen LogP contribution >= 0.6 is 0 Å². The van der Waals surface area contributed by atoms with Crippen molar-refractivity contribution in [1.29, 1.82) is 0 Å². The molecule has 1 heterocycles. The predicted molar refractivity (Wildman–Crippen MR) is 99.1 cm³/mol. The van der Waals surface area contributed by atoms with Crippen LogP contribution in [0, 0.1) is 5.92 Å². The standard InChI is InChI=1S/C20H30N2O4/c1-4-14(2)17(21)13-26-22(18-10-11-25-20(18)24)19(23)12-15(3)16-8-6-5-7-9-16/h5-9,14-15,17-18H,4,10-13,21H2,1-3H3/t14?,15-,17?,18-/m0/s1. The zero-order chi connectivity index (χ0) is 19.1. The maximum atomic E-state index is 12.9. The van der Waals surface area contributed by atoms with Gasteiger partial charge in [0.05, 0.1) is 13.2 Å². The van der Waals surface area contributed by atoms with Gasteiger partial charge in [-0.1, -0.05) is 57.5 Å². The molecule has 1 aliphatic rings. The van der Waals surface area contributed by atoms with Gasteiger partial charge >= 0.3 is 5.97 Å². The monoisotopic (exact) mass is 362 g/mol. The largest absolute Gasteiger partial charge is 0.464 e. The highest BCUT2D eigenvalue weighted by molar-refractivity contribution is 5.85. The summed E-state index contributed by atoms with van der Waals surface area (Å²) < 4.78 is 5.02. The van der Waals surface area contributed by atoms with Gasteiger partial charge in [-0.25, -0.2) is 9.86 Å². The van der Waals surface area contributed by atoms with Crippen LogP contribution in [0.1, 0.15) is 51.5 Å². The zero-order valence-corrected chi connectivity index (χ0v) is 15.9. The van der Waals surface area contributed by atoms with Crippen LogP contribution in [0.4, 0.5) is 0 Å². The summed E-state index contributed by atoms with van der Waals surface area (Å²) >= 11 is 0. The fourth-order valence-corrected chi connectivity index (χ4v) is 2.92. The smallest absolute Gasteiger partial charge is 0.331 e. The van der Waals surface area contributed by atoms with Crippen molar-refractivity contribution in [2.45, 2.75) is 58.0 Å². The summed E-state index contributed by atoms with van der Waals surface area (Å²) in [5.41, 5.74) is 7.20. The second-order valence-electron chi connectivity index (χ2n) is 7.05. The summed E-state index contributed by atoms with van der Waals surface area (Å²) in [5, 5.41) is 1.21. The van der Waals surface area contributed by atoms with E-state index in [1.807, 2.05) is 44.2 Å². The summed E-state index contributed by atoms with van der Waals surface area (Å²) in [6.45, 7) is 6.60. The van der Waals surface area contributed by atoms with E-state index >= 15 is 0 Å². The molecule has 1 aliphatic heterocycles. The summed E-state index contributed by atoms with van der Waals surface area (Å²) in [7, 11) is 0. The molecule has 0 bridgehead atoms. The molecule has 1 aromatic carbocycles. The Morgan fingerprint density at radius 3 is 2.62 bits per heavy atom. The Balaban J connectivity index is 2.04. The highest BCUT2D eigenvalue weighted by Gasteiger charge is 2.37. The minimum Gasteiger partial charge on any atom is -0.464 e. The number of rotatable bonds is 9. The summed E-state index contributed by atoms with van der Waals surface area (Å²) in [4.78, 5) is 30.6. The second-order valence-corrected chi connectivity index (χ2v) is 7.05. The van der Waals surface area contributed by atoms with Crippen molar-refractivity contribution in [3.05, 3.63) is 35.9 Å². The first kappa shape index (κ1) is 20.4. The van der Waals surface area contributed by atoms with Crippen molar-refractivity contribution >= 4 is 11.9 Å². The van der Waals surface area contributed by atoms with Gasteiger partial charge in [-0.3, -0.25) is 9.63 Å². The number of esters is 1. The molecule has 2 rings (SSSR count). The lowest BCUT2D eigenvalue weighted by Crippen LogP contribution is -2.46. The molecule has 0 radical (unpaired) electrons. The molecule has 0 saturated carbocycles. The molecule has 26 heavy (non-hydrogen) atoms. The molecule has 6 heteroatoms. The van der Waals surface area contributed by atoms with Crippen LogP contribution in [0.3, 0.4) is 0 Å². The van der Waals surface area contributed by atoms with Crippen LogP contribution in [-0.4, -0.2) is 42.2 Å². The Labute approximate surface area is 155 Å². The number of nitrogens with zero attached hydrogens (tertiary/aromatic N) is 1. The number of ether oxygens (including phenoxy) is 1. The third kappa shape index (κ3) is 5.29. The van der Waals surface area contributed by atoms with Gasteiger partial charge < -0.3 is 10.5 Å². The van der Waals surface area contributed by atoms with E-state index in [0.29, 0.717) is 13.0 Å². The molecule has 0 aliphatic carbocycles. The van der Waals surface area contributed by atoms with Gasteiger partial charge in [0.15, 0.2) is 6.04 Å². The molecule has 1 saturated heterocycles. The second kappa shape index (κ2) is 9.69. The lowest BCUT2D eigenvalue weighted by Gasteiger charge is -2.29. The fraction of sp³-hybridized carbons (Fsp3) is 0.600. The number of hydrogen-bond acceptors (Lipinski definition) is 5. The number of cyclic esters (lactones) is 1. The van der Waals surface area contributed by atoms with Crippen LogP contribution < -0.4 is 5.73 Å². The third-order valence-electron chi connectivity index (χ3n) is 5.07. The van der Waals surface area contributed by atoms with Gasteiger partial charge in [0.25, 0.3) is 0 Å². The molecular weight excluding hydrogens is 332 g/mol. The van der Waals surface area contributed by atoms with E-state index in [9.17, 15) is 9.59 Å². The molecule has 6 nitrogen and oxygen atoms in total. The highest BCUT2D eigenvalue weighted by atomic mass is 16.7. The quantitative estimate of drug-likeness (QED) is 0.539. The predicted octanol–water partition coefficient (Wildman–Crippen LogP) is 2.63. The van der Waals surface area contributed by atoms with Gasteiger partial charge in [-0.2, -0.15) is 0 Å². The van der Waals surface area contributed by atoms with Crippen molar-refractivity contribution < 1.29 is 19.2 Å². The molecule has 2 unspecified atom stereocenters. The molecule has 144 valence electrons. The Morgan fingerprint density at radius 2 is 2.04 bits per heavy atom. The summed E-state index contributed by atoms with van der Waals surface area (Å²) in [6, 6.07) is 8.94. The molecule has 4 atom stereocenters. The highest BCUT2D eigenvalue weighted by Crippen LogP contribution is 2.23. The van der Waals surface area contributed by atoms with E-state index in [-0.39, 0.29) is 36.8 Å². The van der Waals surface area contributed by atoms with Crippen LogP contribution in [0.25, 0.3) is 0 Å². The average molecular weight is 362 g/mol. The molecule has 0 spiro atoms. The number of carbonyl (C=O) groups is 2. The number of carbonyl (C=O) groups excluding carboxylic acids is 2. The van der Waals surface area contributed by atoms with Crippen molar-refractivity contribution in [1.82, 2.24) is 5.06 Å². The van der Waals surface area contributed by atoms with Crippen LogP contribution in [0.2, 0.25) is 0 Å². The van der Waals surface area contributed by atoms with E-state index in [0.717, 1.165) is 12.0 Å². The maximum absolute atomic E-state index is 12.9. The number of benzene rings is 1. The van der Waals surface area contributed by atoms with Crippen molar-refractivity contribution in [2.24, 2.45) is 11.7 Å². The van der Waals surface area contributed by atoms with Gasteiger partial charge in [-0.05, 0) is 17.4 Å². The minimum absolute atomic E-state index is 0.0236. The van der Waals surface area contributed by atoms with E-state index in [1.54, 1.807) is 0 Å². The average Bonchev–Trinajstić information content (AvgIpc) is 3.07. The Kier molecular flexibility index (Phi) is 7.60. The Hall–Kier alpha value is -1.92. The number of amides is 1. The van der Waals surface area contributed by atoms with Crippen molar-refractivity contribution in [2.75, 3.05) is 13.2 Å². The molecule has 0 aromatic heterocycles. The fourth-order valence-electron chi connectivity index (χ4n) is 2.92. The summed E-state index contributed by atoms with van der Waals surface area (Å²) in [5.74, 6) is -0.342. The topological polar surface area (TPSA) is 81.9 Å². The maximum Gasteiger partial charge on any atom is 0.331 e. The Bertz CT molecular complexity index is 593. The van der Waals surface area contributed by atoms with E-state index < -0.39 is 12.0 Å². The van der Waals surface area contributed by atoms with Gasteiger partial charge in [0.1, 0.15) is 0 Å². The molecule has 2 N–H and O–H groups in total. The van der Waals surface area contributed by atoms with E-state index in [4.69, 9.17) is 15.3 Å². The van der Waals surface area contributed by atoms with E-state index in [1.165, 1.54) is 5.06 Å². The Morgan fingerprint density at radius 1 is 1.35 bits per heavy atom. The van der Waals surface area contributed by atoms with Gasteiger partial charge in [0.2, 0.25) is 5.91 Å². The molecular formula is C20H30N2O4. The normalized spacial score (nSPS) is 20.3. The third-order valence-corrected chi connectivity index (χ3v) is 5.07. The summed E-state index contributed by atoms with van der Waals surface area (Å²) in [6.07, 6.45) is 1.63. The lowest BCUT2D eigenvalue weighted by molar-refractivity contribution is -0.205. The van der Waals surface area contributed by atoms with Crippen LogP contribution in [-0.2, 0) is 19.2 Å². The van der Waals surface area contributed by atoms with Crippen LogP contribution in [0.5, 0.6) is 0 Å². The zero-order valence-electron chi connectivity index (χ0n) is 15.9. The van der Waals surface area contributed by atoms with Crippen LogP contribution in [0.15, 0.2) is 30.3 Å². The van der Waals surface area contributed by atoms with Gasteiger partial charge in [0, 0.05) is 18.9 Å². The minimum atomic E-state index is -0.686. The first-order chi connectivity index (χ1) is 12.4. The van der Waals surface area contributed by atoms with Crippen molar-refractivity contribution in [3.8, 4) is 0 Å². The van der Waals surface area contributed by atoms with Gasteiger partial charge in [-0.15, -0.1) is 0 Å². The number of hydrogen-bond donors (Lipinski definition) is 1. The molecule has 1 aromatic rings. The van der Waals surface area contributed by atoms with Crippen molar-refractivity contribution in [3.63, 3.8) is 0 Å². The molecule has 1 amide bonds. The SMILES string of the molecule is CCC(C)C(N)CON(C(=O)C[C@H](C)c1ccccc1)[C@H]1CCOC1=O. The van der Waals surface area contributed by atoms with E-state index in [2.05, 4.69) is 6.92 Å². The number of nitrogens with two attached hydrogens (primary N) is 1. The molecule has 1 fully saturated rings. The first-order valence-corrected chi connectivity index (χ1v) is 9.36. The number of hydroxylamine groups is 2. The lowest BCUT2D eigenvalue weighted by atomic mass is 9.97. The first-order valence-electron chi connectivity index (χ1n) is 9.36.